The minimum absolute atomic E-state index is 0.0364. The van der Waals surface area contributed by atoms with E-state index >= 15 is 0 Å². The lowest BCUT2D eigenvalue weighted by Crippen LogP contribution is -2.01. The highest BCUT2D eigenvalue weighted by molar-refractivity contribution is 5.84. The summed E-state index contributed by atoms with van der Waals surface area (Å²) in [5.74, 6) is 0.0101. The first-order valence-electron chi connectivity index (χ1n) is 4.60. The Morgan fingerprint density at radius 3 is 2.81 bits per heavy atom. The number of ether oxygens (including phenoxy) is 2. The Bertz CT molecular complexity index is 558. The number of hydrogen-bond acceptors (Lipinski definition) is 5. The normalized spacial score (nSPS) is 10.6. The molecule has 1 aromatic carbocycles. The van der Waals surface area contributed by atoms with Crippen molar-refractivity contribution >= 4 is 11.0 Å². The van der Waals surface area contributed by atoms with E-state index in [2.05, 4.69) is 0 Å². The molecule has 5 nitrogen and oxygen atoms in total. The molecule has 1 aromatic heterocycles. The molecule has 0 unspecified atom stereocenters. The van der Waals surface area contributed by atoms with Crippen molar-refractivity contribution in [3.8, 4) is 11.5 Å². The Balaban J connectivity index is 2.62. The van der Waals surface area contributed by atoms with E-state index in [1.807, 2.05) is 0 Å². The molecule has 1 N–H and O–H groups in total. The summed E-state index contributed by atoms with van der Waals surface area (Å²) >= 11 is 0. The van der Waals surface area contributed by atoms with Crippen LogP contribution in [0.5, 0.6) is 11.5 Å². The Hall–Kier alpha value is -2.01. The molecule has 0 aliphatic heterocycles. The molecule has 16 heavy (non-hydrogen) atoms. The van der Waals surface area contributed by atoms with Crippen LogP contribution in [0.4, 0.5) is 0 Å². The van der Waals surface area contributed by atoms with Gasteiger partial charge in [0.15, 0.2) is 18.1 Å². The molecule has 0 fully saturated rings. The summed E-state index contributed by atoms with van der Waals surface area (Å²) in [6.45, 7) is -0.0364. The molecular formula is C11H10O5. The summed E-state index contributed by atoms with van der Waals surface area (Å²) in [5.41, 5.74) is -0.287. The van der Waals surface area contributed by atoms with Gasteiger partial charge in [-0.05, 0) is 18.2 Å². The number of benzene rings is 1. The van der Waals surface area contributed by atoms with Crippen molar-refractivity contribution in [2.75, 3.05) is 13.9 Å². The Morgan fingerprint density at radius 1 is 1.31 bits per heavy atom. The van der Waals surface area contributed by atoms with Gasteiger partial charge in [0.2, 0.25) is 5.75 Å². The molecule has 84 valence electrons. The third-order valence-corrected chi connectivity index (χ3v) is 2.04. The molecule has 0 radical (unpaired) electrons. The van der Waals surface area contributed by atoms with Crippen molar-refractivity contribution in [3.63, 3.8) is 0 Å². The summed E-state index contributed by atoms with van der Waals surface area (Å²) in [4.78, 5) is 11.1. The van der Waals surface area contributed by atoms with E-state index < -0.39 is 5.63 Å². The number of phenols is 1. The highest BCUT2D eigenvalue weighted by Crippen LogP contribution is 2.33. The van der Waals surface area contributed by atoms with Gasteiger partial charge in [0.1, 0.15) is 0 Å². The fourth-order valence-corrected chi connectivity index (χ4v) is 1.35. The highest BCUT2D eigenvalue weighted by atomic mass is 16.7. The predicted octanol–water partition coefficient (Wildman–Crippen LogP) is 1.48. The van der Waals surface area contributed by atoms with Gasteiger partial charge < -0.3 is 19.0 Å². The minimum atomic E-state index is -0.500. The van der Waals surface area contributed by atoms with Crippen LogP contribution in [-0.4, -0.2) is 19.0 Å². The van der Waals surface area contributed by atoms with Crippen molar-refractivity contribution < 1.29 is 19.0 Å². The molecule has 2 rings (SSSR count). The first kappa shape index (κ1) is 10.5. The lowest BCUT2D eigenvalue weighted by Gasteiger charge is -2.08. The number of fused-ring (bicyclic) bond motifs is 1. The average molecular weight is 222 g/mol. The number of phenolic OH excluding ortho intramolecular Hbond substituents is 1. The van der Waals surface area contributed by atoms with Crippen molar-refractivity contribution in [3.05, 3.63) is 34.7 Å². The third kappa shape index (κ3) is 1.85. The molecular weight excluding hydrogens is 212 g/mol. The van der Waals surface area contributed by atoms with E-state index in [1.165, 1.54) is 19.2 Å². The summed E-state index contributed by atoms with van der Waals surface area (Å²) in [6.07, 6.45) is 0. The van der Waals surface area contributed by atoms with Crippen LogP contribution in [0.1, 0.15) is 0 Å². The fourth-order valence-electron chi connectivity index (χ4n) is 1.35. The van der Waals surface area contributed by atoms with Gasteiger partial charge >= 0.3 is 5.63 Å². The largest absolute Gasteiger partial charge is 0.504 e. The second-order valence-electron chi connectivity index (χ2n) is 3.14. The van der Waals surface area contributed by atoms with Gasteiger partial charge in [-0.2, -0.15) is 0 Å². The van der Waals surface area contributed by atoms with E-state index in [0.29, 0.717) is 5.39 Å². The zero-order chi connectivity index (χ0) is 11.5. The first-order chi connectivity index (χ1) is 7.72. The van der Waals surface area contributed by atoms with Crippen molar-refractivity contribution in [2.24, 2.45) is 0 Å². The molecule has 2 aromatic rings. The topological polar surface area (TPSA) is 68.9 Å². The summed E-state index contributed by atoms with van der Waals surface area (Å²) in [6, 6.07) is 6.00. The van der Waals surface area contributed by atoms with Crippen LogP contribution in [0.3, 0.4) is 0 Å². The van der Waals surface area contributed by atoms with Crippen molar-refractivity contribution in [1.82, 2.24) is 0 Å². The molecule has 0 saturated heterocycles. The summed E-state index contributed by atoms with van der Waals surface area (Å²) in [5, 5.41) is 10.3. The van der Waals surface area contributed by atoms with Crippen LogP contribution in [0.2, 0.25) is 0 Å². The Labute approximate surface area is 90.8 Å². The van der Waals surface area contributed by atoms with E-state index in [-0.39, 0.29) is 23.9 Å². The molecule has 0 aliphatic rings. The zero-order valence-corrected chi connectivity index (χ0v) is 8.60. The van der Waals surface area contributed by atoms with Gasteiger partial charge in [-0.25, -0.2) is 4.79 Å². The van der Waals surface area contributed by atoms with Gasteiger partial charge in [-0.1, -0.05) is 0 Å². The summed E-state index contributed by atoms with van der Waals surface area (Å²) in [7, 11) is 1.46. The molecule has 1 heterocycles. The molecule has 0 aliphatic carbocycles. The lowest BCUT2D eigenvalue weighted by molar-refractivity contribution is 0.0495. The van der Waals surface area contributed by atoms with Gasteiger partial charge in [-0.3, -0.25) is 0 Å². The maximum atomic E-state index is 11.1. The molecule has 0 spiro atoms. The smallest absolute Gasteiger partial charge is 0.336 e. The van der Waals surface area contributed by atoms with E-state index in [4.69, 9.17) is 13.9 Å². The van der Waals surface area contributed by atoms with Crippen LogP contribution in [0.15, 0.2) is 33.5 Å². The minimum Gasteiger partial charge on any atom is -0.504 e. The van der Waals surface area contributed by atoms with Crippen LogP contribution in [0, 0.1) is 0 Å². The highest BCUT2D eigenvalue weighted by Gasteiger charge is 2.10. The third-order valence-electron chi connectivity index (χ3n) is 2.04. The lowest BCUT2D eigenvalue weighted by atomic mass is 10.2. The quantitative estimate of drug-likeness (QED) is 0.629. The SMILES string of the molecule is COCOc1c(O)ccc2ccc(=O)oc12. The van der Waals surface area contributed by atoms with E-state index in [1.54, 1.807) is 12.1 Å². The van der Waals surface area contributed by atoms with Crippen molar-refractivity contribution in [1.29, 1.82) is 0 Å². The van der Waals surface area contributed by atoms with E-state index in [9.17, 15) is 9.90 Å². The number of hydrogen-bond donors (Lipinski definition) is 1. The van der Waals surface area contributed by atoms with Gasteiger partial charge in [0.05, 0.1) is 0 Å². The molecule has 0 saturated carbocycles. The number of aromatic hydroxyl groups is 1. The van der Waals surface area contributed by atoms with Crippen LogP contribution < -0.4 is 10.4 Å². The molecule has 0 bridgehead atoms. The standard InChI is InChI=1S/C11H10O5/c1-14-6-15-11-8(12)4-2-7-3-5-9(13)16-10(7)11/h2-5,12H,6H2,1H3. The summed E-state index contributed by atoms with van der Waals surface area (Å²) < 4.78 is 14.9. The first-order valence-corrected chi connectivity index (χ1v) is 4.60. The Kier molecular flexibility index (Phi) is 2.78. The van der Waals surface area contributed by atoms with Crippen LogP contribution in [-0.2, 0) is 4.74 Å². The van der Waals surface area contributed by atoms with Crippen molar-refractivity contribution in [2.45, 2.75) is 0 Å². The fraction of sp³-hybridized carbons (Fsp3) is 0.182. The van der Waals surface area contributed by atoms with E-state index in [0.717, 1.165) is 0 Å². The maximum Gasteiger partial charge on any atom is 0.336 e. The van der Waals surface area contributed by atoms with Gasteiger partial charge in [-0.15, -0.1) is 0 Å². The molecule has 5 heteroatoms. The average Bonchev–Trinajstić information content (AvgIpc) is 2.28. The maximum absolute atomic E-state index is 11.1. The molecule has 0 amide bonds. The monoisotopic (exact) mass is 222 g/mol. The molecule has 0 atom stereocenters. The predicted molar refractivity (Wildman–Crippen MR) is 56.7 cm³/mol. The zero-order valence-electron chi connectivity index (χ0n) is 8.60. The van der Waals surface area contributed by atoms with Crippen LogP contribution >= 0.6 is 0 Å². The van der Waals surface area contributed by atoms with Gasteiger partial charge in [0.25, 0.3) is 0 Å². The second kappa shape index (κ2) is 4.24. The van der Waals surface area contributed by atoms with Crippen LogP contribution in [0.25, 0.3) is 11.0 Å². The second-order valence-corrected chi connectivity index (χ2v) is 3.14. The number of rotatable bonds is 3. The van der Waals surface area contributed by atoms with Gasteiger partial charge in [0, 0.05) is 18.6 Å². The number of methoxy groups -OCH3 is 1. The Morgan fingerprint density at radius 2 is 2.06 bits per heavy atom.